The van der Waals surface area contributed by atoms with Gasteiger partial charge < -0.3 is 10.0 Å². The summed E-state index contributed by atoms with van der Waals surface area (Å²) >= 11 is 0. The lowest BCUT2D eigenvalue weighted by molar-refractivity contribution is 0.169. The molecular weight excluding hydrogens is 264 g/mol. The van der Waals surface area contributed by atoms with Crippen molar-refractivity contribution in [1.82, 2.24) is 4.98 Å². The fraction of sp³-hybridized carbons (Fsp3) is 0.615. The molecule has 0 spiro atoms. The van der Waals surface area contributed by atoms with Gasteiger partial charge in [0.2, 0.25) is 0 Å². The predicted octanol–water partition coefficient (Wildman–Crippen LogP) is 1.15. The first-order valence-electron chi connectivity index (χ1n) is 6.54. The topological polar surface area (TPSA) is 70.5 Å². The van der Waals surface area contributed by atoms with E-state index in [1.807, 2.05) is 19.9 Å². The summed E-state index contributed by atoms with van der Waals surface area (Å²) in [5.74, 6) is 0.378. The van der Waals surface area contributed by atoms with Crippen LogP contribution in [-0.4, -0.2) is 42.6 Å². The summed E-state index contributed by atoms with van der Waals surface area (Å²) in [7, 11) is -2.90. The molecule has 0 amide bonds. The number of nitrogens with zero attached hydrogens (tertiary/aromatic N) is 2. The van der Waals surface area contributed by atoms with Crippen molar-refractivity contribution in [2.24, 2.45) is 0 Å². The van der Waals surface area contributed by atoms with Gasteiger partial charge in [-0.15, -0.1) is 0 Å². The van der Waals surface area contributed by atoms with Crippen LogP contribution in [-0.2, 0) is 9.84 Å². The summed E-state index contributed by atoms with van der Waals surface area (Å²) in [4.78, 5) is 6.31. The molecule has 1 aliphatic heterocycles. The van der Waals surface area contributed by atoms with Crippen LogP contribution >= 0.6 is 0 Å². The molecule has 1 aliphatic rings. The molecule has 5 nitrogen and oxygen atoms in total. The fourth-order valence-corrected chi connectivity index (χ4v) is 3.91. The SMILES string of the molecule is CCC(O)c1ccc(N2CCS(=O)(=O)CC2C)cn1. The summed E-state index contributed by atoms with van der Waals surface area (Å²) < 4.78 is 23.1. The fourth-order valence-electron chi connectivity index (χ4n) is 2.36. The van der Waals surface area contributed by atoms with Crippen LogP contribution in [0.25, 0.3) is 0 Å². The van der Waals surface area contributed by atoms with Crippen LogP contribution in [0, 0.1) is 0 Å². The highest BCUT2D eigenvalue weighted by molar-refractivity contribution is 7.91. The Labute approximate surface area is 114 Å². The lowest BCUT2D eigenvalue weighted by atomic mass is 10.1. The van der Waals surface area contributed by atoms with Gasteiger partial charge >= 0.3 is 0 Å². The Balaban J connectivity index is 2.15. The van der Waals surface area contributed by atoms with E-state index in [0.717, 1.165) is 5.69 Å². The quantitative estimate of drug-likeness (QED) is 0.901. The molecule has 1 aromatic heterocycles. The van der Waals surface area contributed by atoms with Crippen LogP contribution < -0.4 is 4.90 Å². The Morgan fingerprint density at radius 2 is 2.26 bits per heavy atom. The average Bonchev–Trinajstić information content (AvgIpc) is 2.37. The molecule has 1 aromatic rings. The maximum absolute atomic E-state index is 11.5. The standard InChI is InChI=1S/C13H20N2O3S/c1-3-13(16)12-5-4-11(8-14-12)15-6-7-19(17,18)9-10(15)2/h4-5,8,10,13,16H,3,6-7,9H2,1-2H3. The van der Waals surface area contributed by atoms with Crippen LogP contribution in [0.15, 0.2) is 18.3 Å². The molecule has 0 radical (unpaired) electrons. The molecule has 1 fully saturated rings. The second kappa shape index (κ2) is 5.46. The van der Waals surface area contributed by atoms with Gasteiger partial charge in [-0.05, 0) is 25.5 Å². The van der Waals surface area contributed by atoms with Gasteiger partial charge in [0, 0.05) is 12.6 Å². The van der Waals surface area contributed by atoms with Crippen LogP contribution in [0.2, 0.25) is 0 Å². The lowest BCUT2D eigenvalue weighted by Gasteiger charge is -2.34. The zero-order valence-electron chi connectivity index (χ0n) is 11.3. The minimum atomic E-state index is -2.90. The second-order valence-corrected chi connectivity index (χ2v) is 7.25. The van der Waals surface area contributed by atoms with Gasteiger partial charge in [-0.1, -0.05) is 6.92 Å². The summed E-state index contributed by atoms with van der Waals surface area (Å²) in [6, 6.07) is 3.66. The summed E-state index contributed by atoms with van der Waals surface area (Å²) in [5.41, 5.74) is 1.57. The van der Waals surface area contributed by atoms with Crippen molar-refractivity contribution in [1.29, 1.82) is 0 Å². The maximum atomic E-state index is 11.5. The largest absolute Gasteiger partial charge is 0.387 e. The molecule has 2 rings (SSSR count). The molecule has 6 heteroatoms. The molecular formula is C13H20N2O3S. The molecule has 0 saturated carbocycles. The first-order valence-corrected chi connectivity index (χ1v) is 8.36. The molecule has 2 atom stereocenters. The van der Waals surface area contributed by atoms with Crippen molar-refractivity contribution in [3.63, 3.8) is 0 Å². The highest BCUT2D eigenvalue weighted by Gasteiger charge is 2.28. The predicted molar refractivity (Wildman–Crippen MR) is 74.9 cm³/mol. The van der Waals surface area contributed by atoms with E-state index in [1.54, 1.807) is 12.3 Å². The molecule has 1 N–H and O–H groups in total. The molecule has 106 valence electrons. The molecule has 2 heterocycles. The third kappa shape index (κ3) is 3.25. The molecule has 19 heavy (non-hydrogen) atoms. The van der Waals surface area contributed by atoms with Gasteiger partial charge in [-0.25, -0.2) is 8.42 Å². The van der Waals surface area contributed by atoms with E-state index in [9.17, 15) is 13.5 Å². The minimum Gasteiger partial charge on any atom is -0.387 e. The van der Waals surface area contributed by atoms with E-state index in [2.05, 4.69) is 9.88 Å². The van der Waals surface area contributed by atoms with E-state index < -0.39 is 15.9 Å². The van der Waals surface area contributed by atoms with Crippen LogP contribution in [0.5, 0.6) is 0 Å². The van der Waals surface area contributed by atoms with Crippen LogP contribution in [0.4, 0.5) is 5.69 Å². The van der Waals surface area contributed by atoms with Crippen LogP contribution in [0.1, 0.15) is 32.1 Å². The number of hydrogen-bond donors (Lipinski definition) is 1. The number of aliphatic hydroxyl groups excluding tert-OH is 1. The first-order chi connectivity index (χ1) is 8.93. The van der Waals surface area contributed by atoms with Crippen molar-refractivity contribution < 1.29 is 13.5 Å². The van der Waals surface area contributed by atoms with Crippen molar-refractivity contribution >= 4 is 15.5 Å². The number of aromatic nitrogens is 1. The molecule has 0 bridgehead atoms. The number of aliphatic hydroxyl groups is 1. The number of anilines is 1. The minimum absolute atomic E-state index is 0.0394. The third-order valence-electron chi connectivity index (χ3n) is 3.50. The summed E-state index contributed by atoms with van der Waals surface area (Å²) in [6.45, 7) is 4.31. The normalized spacial score (nSPS) is 24.2. The second-order valence-electron chi connectivity index (χ2n) is 5.02. The Morgan fingerprint density at radius 3 is 2.79 bits per heavy atom. The lowest BCUT2D eigenvalue weighted by Crippen LogP contribution is -2.47. The molecule has 0 aromatic carbocycles. The first kappa shape index (κ1) is 14.3. The van der Waals surface area contributed by atoms with E-state index in [4.69, 9.17) is 0 Å². The Morgan fingerprint density at radius 1 is 1.53 bits per heavy atom. The van der Waals surface area contributed by atoms with Crippen molar-refractivity contribution in [3.8, 4) is 0 Å². The molecule has 2 unspecified atom stereocenters. The van der Waals surface area contributed by atoms with Gasteiger partial charge in [0.25, 0.3) is 0 Å². The van der Waals surface area contributed by atoms with Gasteiger partial charge in [-0.3, -0.25) is 4.98 Å². The summed E-state index contributed by atoms with van der Waals surface area (Å²) in [6.07, 6.45) is 1.81. The van der Waals surface area contributed by atoms with Gasteiger partial charge in [-0.2, -0.15) is 0 Å². The smallest absolute Gasteiger partial charge is 0.154 e. The van der Waals surface area contributed by atoms with Crippen molar-refractivity contribution in [3.05, 3.63) is 24.0 Å². The number of pyridine rings is 1. The van der Waals surface area contributed by atoms with E-state index >= 15 is 0 Å². The number of sulfone groups is 1. The highest BCUT2D eigenvalue weighted by Crippen LogP contribution is 2.22. The molecule has 0 aliphatic carbocycles. The molecule has 1 saturated heterocycles. The van der Waals surface area contributed by atoms with Gasteiger partial charge in [0.15, 0.2) is 9.84 Å². The van der Waals surface area contributed by atoms with E-state index in [1.165, 1.54) is 0 Å². The third-order valence-corrected chi connectivity index (χ3v) is 5.30. The number of hydrogen-bond acceptors (Lipinski definition) is 5. The van der Waals surface area contributed by atoms with E-state index in [-0.39, 0.29) is 17.5 Å². The van der Waals surface area contributed by atoms with Gasteiger partial charge in [0.05, 0.1) is 35.2 Å². The number of rotatable bonds is 3. The van der Waals surface area contributed by atoms with Crippen LogP contribution in [0.3, 0.4) is 0 Å². The summed E-state index contributed by atoms with van der Waals surface area (Å²) in [5, 5.41) is 9.70. The van der Waals surface area contributed by atoms with Gasteiger partial charge in [0.1, 0.15) is 0 Å². The van der Waals surface area contributed by atoms with Crippen molar-refractivity contribution in [2.45, 2.75) is 32.4 Å². The highest BCUT2D eigenvalue weighted by atomic mass is 32.2. The zero-order valence-corrected chi connectivity index (χ0v) is 12.1. The van der Waals surface area contributed by atoms with E-state index in [0.29, 0.717) is 18.7 Å². The Bertz CT molecular complexity index is 527. The Hall–Kier alpha value is -1.14. The average molecular weight is 284 g/mol. The van der Waals surface area contributed by atoms with Crippen molar-refractivity contribution in [2.75, 3.05) is 23.0 Å². The zero-order chi connectivity index (χ0) is 14.0. The maximum Gasteiger partial charge on any atom is 0.154 e. The monoisotopic (exact) mass is 284 g/mol. The Kier molecular flexibility index (Phi) is 4.10.